The number of aromatic nitrogens is 2. The molecule has 2 heterocycles. The molecule has 1 atom stereocenters. The molecule has 1 aliphatic heterocycles. The first kappa shape index (κ1) is 16.0. The monoisotopic (exact) mass is 356 g/mol. The van der Waals surface area contributed by atoms with E-state index in [2.05, 4.69) is 30.8 Å². The highest BCUT2D eigenvalue weighted by Crippen LogP contribution is 2.19. The third kappa shape index (κ3) is 4.30. The van der Waals surface area contributed by atoms with E-state index in [1.165, 1.54) is 0 Å². The second-order valence-electron chi connectivity index (χ2n) is 6.17. The highest BCUT2D eigenvalue weighted by molar-refractivity contribution is 9.10. The van der Waals surface area contributed by atoms with Gasteiger partial charge in [0.2, 0.25) is 0 Å². The average Bonchev–Trinajstić information content (AvgIpc) is 2.37. The molecular weight excluding hydrogens is 336 g/mol. The smallest absolute Gasteiger partial charge is 0.410 e. The van der Waals surface area contributed by atoms with Gasteiger partial charge in [-0.2, -0.15) is 0 Å². The molecule has 1 aromatic heterocycles. The summed E-state index contributed by atoms with van der Waals surface area (Å²) in [5, 5.41) is 0. The first-order valence-electron chi connectivity index (χ1n) is 6.98. The maximum absolute atomic E-state index is 12.2. The highest BCUT2D eigenvalue weighted by Gasteiger charge is 2.31. The molecule has 21 heavy (non-hydrogen) atoms. The van der Waals surface area contributed by atoms with Crippen LogP contribution in [0.4, 0.5) is 10.6 Å². The molecule has 6 nitrogen and oxygen atoms in total. The summed E-state index contributed by atoms with van der Waals surface area (Å²) in [4.78, 5) is 24.6. The van der Waals surface area contributed by atoms with E-state index in [0.29, 0.717) is 11.1 Å². The Morgan fingerprint density at radius 1 is 1.33 bits per heavy atom. The number of carbonyl (C=O) groups excluding carboxylic acids is 1. The zero-order chi connectivity index (χ0) is 15.6. The van der Waals surface area contributed by atoms with Gasteiger partial charge >= 0.3 is 6.09 Å². The molecule has 1 fully saturated rings. The minimum absolute atomic E-state index is 0.0686. The van der Waals surface area contributed by atoms with Crippen molar-refractivity contribution in [2.45, 2.75) is 39.3 Å². The topological polar surface area (TPSA) is 58.6 Å². The Hall–Kier alpha value is -1.37. The number of anilines is 1. The lowest BCUT2D eigenvalue weighted by Gasteiger charge is -2.40. The van der Waals surface area contributed by atoms with Crippen molar-refractivity contribution in [3.05, 3.63) is 17.0 Å². The van der Waals surface area contributed by atoms with Gasteiger partial charge in [-0.3, -0.25) is 0 Å². The van der Waals surface area contributed by atoms with Crippen LogP contribution in [0, 0.1) is 0 Å². The molecule has 0 aromatic carbocycles. The fraction of sp³-hybridized carbons (Fsp3) is 0.643. The van der Waals surface area contributed by atoms with Gasteiger partial charge in [-0.05, 0) is 43.6 Å². The number of amides is 1. The molecule has 1 aromatic rings. The van der Waals surface area contributed by atoms with Crippen LogP contribution in [0.3, 0.4) is 0 Å². The van der Waals surface area contributed by atoms with Crippen LogP contribution in [0.5, 0.6) is 0 Å². The van der Waals surface area contributed by atoms with Gasteiger partial charge in [0.15, 0.2) is 0 Å². The van der Waals surface area contributed by atoms with E-state index >= 15 is 0 Å². The number of halogens is 1. The zero-order valence-corrected chi connectivity index (χ0v) is 14.4. The van der Waals surface area contributed by atoms with Crippen LogP contribution >= 0.6 is 15.9 Å². The number of carbonyl (C=O) groups is 1. The van der Waals surface area contributed by atoms with Crippen LogP contribution in [0.15, 0.2) is 17.0 Å². The second kappa shape index (κ2) is 6.17. The van der Waals surface area contributed by atoms with E-state index in [1.807, 2.05) is 27.7 Å². The summed E-state index contributed by atoms with van der Waals surface area (Å²) >= 11 is 3.28. The third-order valence-corrected chi connectivity index (χ3v) is 3.60. The van der Waals surface area contributed by atoms with Crippen LogP contribution in [0.1, 0.15) is 27.7 Å². The van der Waals surface area contributed by atoms with E-state index in [0.717, 1.165) is 18.9 Å². The SMILES string of the molecule is C[C@H]1CN(c2cnc(Br)cn2)CCN1C(=O)OC(C)(C)C. The number of hydrogen-bond acceptors (Lipinski definition) is 5. The van der Waals surface area contributed by atoms with Gasteiger partial charge in [-0.1, -0.05) is 0 Å². The van der Waals surface area contributed by atoms with E-state index < -0.39 is 5.60 Å². The molecule has 2 rings (SSSR count). The second-order valence-corrected chi connectivity index (χ2v) is 6.98. The van der Waals surface area contributed by atoms with E-state index in [9.17, 15) is 4.79 Å². The van der Waals surface area contributed by atoms with Crippen molar-refractivity contribution in [1.82, 2.24) is 14.9 Å². The van der Waals surface area contributed by atoms with Crippen molar-refractivity contribution in [3.63, 3.8) is 0 Å². The first-order chi connectivity index (χ1) is 9.76. The molecule has 0 spiro atoms. The largest absolute Gasteiger partial charge is 0.444 e. The van der Waals surface area contributed by atoms with Gasteiger partial charge in [0.25, 0.3) is 0 Å². The lowest BCUT2D eigenvalue weighted by Crippen LogP contribution is -2.55. The predicted molar refractivity (Wildman–Crippen MR) is 84.3 cm³/mol. The Bertz CT molecular complexity index is 501. The van der Waals surface area contributed by atoms with Crippen LogP contribution in [0.2, 0.25) is 0 Å². The van der Waals surface area contributed by atoms with Gasteiger partial charge in [0.05, 0.1) is 12.4 Å². The van der Waals surface area contributed by atoms with Crippen molar-refractivity contribution in [1.29, 1.82) is 0 Å². The Morgan fingerprint density at radius 3 is 2.57 bits per heavy atom. The molecule has 0 bridgehead atoms. The van der Waals surface area contributed by atoms with Gasteiger partial charge in [-0.25, -0.2) is 14.8 Å². The summed E-state index contributed by atoms with van der Waals surface area (Å²) in [6.07, 6.45) is 3.16. The van der Waals surface area contributed by atoms with Crippen LogP contribution in [-0.4, -0.2) is 52.2 Å². The maximum atomic E-state index is 12.2. The molecule has 0 aliphatic carbocycles. The van der Waals surface area contributed by atoms with Gasteiger partial charge < -0.3 is 14.5 Å². The lowest BCUT2D eigenvalue weighted by atomic mass is 10.2. The number of ether oxygens (including phenoxy) is 1. The molecule has 7 heteroatoms. The Kier molecular flexibility index (Phi) is 4.70. The number of hydrogen-bond donors (Lipinski definition) is 0. The Balaban J connectivity index is 1.99. The summed E-state index contributed by atoms with van der Waals surface area (Å²) in [6.45, 7) is 9.71. The van der Waals surface area contributed by atoms with Crippen LogP contribution in [-0.2, 0) is 4.74 Å². The first-order valence-corrected chi connectivity index (χ1v) is 7.78. The van der Waals surface area contributed by atoms with E-state index in [1.54, 1.807) is 17.3 Å². The maximum Gasteiger partial charge on any atom is 0.410 e. The molecule has 116 valence electrons. The van der Waals surface area contributed by atoms with Gasteiger partial charge in [0.1, 0.15) is 16.0 Å². The van der Waals surface area contributed by atoms with Crippen molar-refractivity contribution < 1.29 is 9.53 Å². The normalized spacial score (nSPS) is 19.6. The van der Waals surface area contributed by atoms with E-state index in [-0.39, 0.29) is 12.1 Å². The van der Waals surface area contributed by atoms with Crippen molar-refractivity contribution >= 4 is 27.8 Å². The van der Waals surface area contributed by atoms with E-state index in [4.69, 9.17) is 4.74 Å². The molecule has 0 radical (unpaired) electrons. The Morgan fingerprint density at radius 2 is 2.05 bits per heavy atom. The number of piperazine rings is 1. The van der Waals surface area contributed by atoms with Crippen molar-refractivity contribution in [3.8, 4) is 0 Å². The fourth-order valence-electron chi connectivity index (χ4n) is 2.23. The van der Waals surface area contributed by atoms with Gasteiger partial charge in [-0.15, -0.1) is 0 Å². The molecule has 1 saturated heterocycles. The zero-order valence-electron chi connectivity index (χ0n) is 12.8. The minimum atomic E-state index is -0.467. The summed E-state index contributed by atoms with van der Waals surface area (Å²) in [5.41, 5.74) is -0.467. The molecule has 1 aliphatic rings. The summed E-state index contributed by atoms with van der Waals surface area (Å²) < 4.78 is 6.15. The molecule has 0 N–H and O–H groups in total. The summed E-state index contributed by atoms with van der Waals surface area (Å²) in [6, 6.07) is 0.0686. The molecule has 1 amide bonds. The third-order valence-electron chi connectivity index (χ3n) is 3.19. The predicted octanol–water partition coefficient (Wildman–Crippen LogP) is 2.68. The van der Waals surface area contributed by atoms with Crippen LogP contribution < -0.4 is 4.90 Å². The van der Waals surface area contributed by atoms with Crippen molar-refractivity contribution in [2.75, 3.05) is 24.5 Å². The lowest BCUT2D eigenvalue weighted by molar-refractivity contribution is 0.0158. The van der Waals surface area contributed by atoms with Gasteiger partial charge in [0, 0.05) is 25.7 Å². The molecule has 0 unspecified atom stereocenters. The highest BCUT2D eigenvalue weighted by atomic mass is 79.9. The fourth-order valence-corrected chi connectivity index (χ4v) is 2.43. The Labute approximate surface area is 133 Å². The quantitative estimate of drug-likeness (QED) is 0.774. The standard InChI is InChI=1S/C14H21BrN4O2/c1-10-9-18(12-8-16-11(15)7-17-12)5-6-19(10)13(20)21-14(2,3)4/h7-8,10H,5-6,9H2,1-4H3/t10-/m0/s1. The number of rotatable bonds is 1. The molecule has 0 saturated carbocycles. The summed E-state index contributed by atoms with van der Waals surface area (Å²) in [7, 11) is 0. The van der Waals surface area contributed by atoms with Crippen molar-refractivity contribution in [2.24, 2.45) is 0 Å². The molecular formula is C14H21BrN4O2. The van der Waals surface area contributed by atoms with Crippen LogP contribution in [0.25, 0.3) is 0 Å². The number of nitrogens with zero attached hydrogens (tertiary/aromatic N) is 4. The average molecular weight is 357 g/mol. The minimum Gasteiger partial charge on any atom is -0.444 e. The summed E-state index contributed by atoms with van der Waals surface area (Å²) in [5.74, 6) is 0.828.